The molecule has 0 aliphatic carbocycles. The van der Waals surface area contributed by atoms with Gasteiger partial charge in [-0.05, 0) is 24.5 Å². The second-order valence-electron chi connectivity index (χ2n) is 3.79. The van der Waals surface area contributed by atoms with E-state index in [0.29, 0.717) is 11.6 Å². The van der Waals surface area contributed by atoms with E-state index in [2.05, 4.69) is 12.2 Å². The van der Waals surface area contributed by atoms with E-state index in [9.17, 15) is 4.39 Å². The number of rotatable bonds is 1. The Morgan fingerprint density at radius 3 is 3.00 bits per heavy atom. The fourth-order valence-electron chi connectivity index (χ4n) is 1.88. The molecule has 0 radical (unpaired) electrons. The first-order valence-electron chi connectivity index (χ1n) is 4.81. The lowest BCUT2D eigenvalue weighted by atomic mass is 9.94. The van der Waals surface area contributed by atoms with Gasteiger partial charge in [-0.3, -0.25) is 0 Å². The molecule has 0 aromatic heterocycles. The van der Waals surface area contributed by atoms with Crippen LogP contribution in [0.5, 0.6) is 5.75 Å². The first kappa shape index (κ1) is 9.31. The fraction of sp³-hybridized carbons (Fsp3) is 0.455. The summed E-state index contributed by atoms with van der Waals surface area (Å²) in [5.41, 5.74) is 1.58. The first-order valence-corrected chi connectivity index (χ1v) is 4.81. The number of benzene rings is 1. The van der Waals surface area contributed by atoms with Gasteiger partial charge in [0.15, 0.2) is 0 Å². The van der Waals surface area contributed by atoms with E-state index in [1.54, 1.807) is 13.2 Å². The minimum atomic E-state index is -0.187. The van der Waals surface area contributed by atoms with Crippen LogP contribution in [0.4, 0.5) is 10.1 Å². The van der Waals surface area contributed by atoms with Gasteiger partial charge >= 0.3 is 0 Å². The molecule has 3 heteroatoms. The van der Waals surface area contributed by atoms with Crippen molar-refractivity contribution >= 4 is 5.69 Å². The highest BCUT2D eigenvalue weighted by molar-refractivity contribution is 5.60. The Labute approximate surface area is 83.1 Å². The van der Waals surface area contributed by atoms with Crippen molar-refractivity contribution in [2.45, 2.75) is 13.3 Å². The summed E-state index contributed by atoms with van der Waals surface area (Å²) in [6, 6.07) is 3.13. The van der Waals surface area contributed by atoms with Crippen LogP contribution >= 0.6 is 0 Å². The second-order valence-corrected chi connectivity index (χ2v) is 3.79. The molecule has 1 unspecified atom stereocenters. The minimum Gasteiger partial charge on any atom is -0.496 e. The Morgan fingerprint density at radius 1 is 1.50 bits per heavy atom. The third-order valence-corrected chi connectivity index (χ3v) is 2.62. The molecule has 0 saturated carbocycles. The van der Waals surface area contributed by atoms with Crippen LogP contribution in [0.1, 0.15) is 12.5 Å². The molecule has 2 nitrogen and oxygen atoms in total. The van der Waals surface area contributed by atoms with Crippen LogP contribution in [-0.4, -0.2) is 13.7 Å². The van der Waals surface area contributed by atoms with E-state index >= 15 is 0 Å². The molecule has 1 atom stereocenters. The predicted octanol–water partition coefficient (Wildman–Crippen LogP) is 2.44. The van der Waals surface area contributed by atoms with Gasteiger partial charge in [0.2, 0.25) is 0 Å². The van der Waals surface area contributed by atoms with Crippen molar-refractivity contribution in [2.75, 3.05) is 19.0 Å². The normalized spacial score (nSPS) is 19.8. The summed E-state index contributed by atoms with van der Waals surface area (Å²) in [7, 11) is 1.62. The number of hydrogen-bond donors (Lipinski definition) is 1. The van der Waals surface area contributed by atoms with Crippen molar-refractivity contribution in [3.05, 3.63) is 23.5 Å². The highest BCUT2D eigenvalue weighted by Crippen LogP contribution is 2.34. The molecule has 0 spiro atoms. The molecule has 1 aromatic rings. The fourth-order valence-corrected chi connectivity index (χ4v) is 1.88. The quantitative estimate of drug-likeness (QED) is 0.743. The summed E-state index contributed by atoms with van der Waals surface area (Å²) in [5, 5.41) is 3.10. The van der Waals surface area contributed by atoms with Crippen molar-refractivity contribution in [1.29, 1.82) is 0 Å². The van der Waals surface area contributed by atoms with Crippen molar-refractivity contribution in [3.8, 4) is 5.75 Å². The first-order chi connectivity index (χ1) is 6.72. The van der Waals surface area contributed by atoms with Crippen molar-refractivity contribution in [1.82, 2.24) is 0 Å². The third kappa shape index (κ3) is 1.43. The summed E-state index contributed by atoms with van der Waals surface area (Å²) in [6.45, 7) is 2.97. The lowest BCUT2D eigenvalue weighted by molar-refractivity contribution is 0.403. The van der Waals surface area contributed by atoms with E-state index in [0.717, 1.165) is 24.3 Å². The number of nitrogens with one attached hydrogen (secondary N) is 1. The lowest BCUT2D eigenvalue weighted by Crippen LogP contribution is -2.22. The van der Waals surface area contributed by atoms with Gasteiger partial charge < -0.3 is 10.1 Å². The number of fused-ring (bicyclic) bond motifs is 1. The number of hydrogen-bond acceptors (Lipinski definition) is 2. The van der Waals surface area contributed by atoms with Crippen LogP contribution in [-0.2, 0) is 6.42 Å². The van der Waals surface area contributed by atoms with Crippen LogP contribution < -0.4 is 10.1 Å². The number of ether oxygens (including phenoxy) is 1. The van der Waals surface area contributed by atoms with Gasteiger partial charge in [-0.2, -0.15) is 0 Å². The van der Waals surface area contributed by atoms with E-state index in [-0.39, 0.29) is 5.82 Å². The van der Waals surface area contributed by atoms with Crippen molar-refractivity contribution in [2.24, 2.45) is 5.92 Å². The lowest BCUT2D eigenvalue weighted by Gasteiger charge is -2.25. The van der Waals surface area contributed by atoms with Crippen molar-refractivity contribution in [3.63, 3.8) is 0 Å². The van der Waals surface area contributed by atoms with Gasteiger partial charge in [-0.15, -0.1) is 0 Å². The molecule has 1 aliphatic rings. The number of halogens is 1. The van der Waals surface area contributed by atoms with Gasteiger partial charge in [-0.1, -0.05) is 6.92 Å². The van der Waals surface area contributed by atoms with Gasteiger partial charge in [0.25, 0.3) is 0 Å². The summed E-state index contributed by atoms with van der Waals surface area (Å²) in [4.78, 5) is 0. The Morgan fingerprint density at radius 2 is 2.29 bits per heavy atom. The molecule has 76 valence electrons. The van der Waals surface area contributed by atoms with Gasteiger partial charge in [-0.25, -0.2) is 4.39 Å². The topological polar surface area (TPSA) is 21.3 Å². The smallest absolute Gasteiger partial charge is 0.146 e. The van der Waals surface area contributed by atoms with Crippen molar-refractivity contribution < 1.29 is 9.13 Å². The van der Waals surface area contributed by atoms with E-state index in [4.69, 9.17) is 4.74 Å². The molecular weight excluding hydrogens is 181 g/mol. The summed E-state index contributed by atoms with van der Waals surface area (Å²) >= 11 is 0. The molecule has 2 rings (SSSR count). The molecule has 1 aliphatic heterocycles. The molecule has 0 saturated heterocycles. The molecule has 0 fully saturated rings. The zero-order chi connectivity index (χ0) is 10.1. The summed E-state index contributed by atoms with van der Waals surface area (Å²) in [6.07, 6.45) is 0.878. The maximum Gasteiger partial charge on any atom is 0.146 e. The minimum absolute atomic E-state index is 0.187. The zero-order valence-electron chi connectivity index (χ0n) is 8.43. The predicted molar refractivity (Wildman–Crippen MR) is 54.3 cm³/mol. The summed E-state index contributed by atoms with van der Waals surface area (Å²) < 4.78 is 18.6. The van der Waals surface area contributed by atoms with Crippen LogP contribution in [0.25, 0.3) is 0 Å². The van der Waals surface area contributed by atoms with Crippen LogP contribution in [0.15, 0.2) is 12.1 Å². The molecule has 0 bridgehead atoms. The van der Waals surface area contributed by atoms with E-state index in [1.807, 2.05) is 0 Å². The van der Waals surface area contributed by atoms with Gasteiger partial charge in [0.05, 0.1) is 12.8 Å². The average Bonchev–Trinajstić information content (AvgIpc) is 2.18. The maximum atomic E-state index is 13.4. The van der Waals surface area contributed by atoms with E-state index in [1.165, 1.54) is 6.07 Å². The number of anilines is 1. The monoisotopic (exact) mass is 195 g/mol. The Balaban J connectivity index is 2.49. The van der Waals surface area contributed by atoms with Gasteiger partial charge in [0.1, 0.15) is 11.6 Å². The third-order valence-electron chi connectivity index (χ3n) is 2.62. The molecule has 1 N–H and O–H groups in total. The van der Waals surface area contributed by atoms with E-state index < -0.39 is 0 Å². The SMILES string of the molecule is COc1ccc(F)c2c1CC(C)CN2. The van der Waals surface area contributed by atoms with Crippen LogP contribution in [0.2, 0.25) is 0 Å². The maximum absolute atomic E-state index is 13.4. The molecule has 0 amide bonds. The second kappa shape index (κ2) is 3.48. The molecule has 14 heavy (non-hydrogen) atoms. The molecule has 1 heterocycles. The van der Waals surface area contributed by atoms with Gasteiger partial charge in [0, 0.05) is 12.1 Å². The Hall–Kier alpha value is -1.25. The largest absolute Gasteiger partial charge is 0.496 e. The highest BCUT2D eigenvalue weighted by Gasteiger charge is 2.21. The molecular formula is C11H14FNO. The zero-order valence-corrected chi connectivity index (χ0v) is 8.43. The Kier molecular flexibility index (Phi) is 2.32. The average molecular weight is 195 g/mol. The summed E-state index contributed by atoms with van der Waals surface area (Å²) in [5.74, 6) is 1.12. The van der Waals surface area contributed by atoms with Crippen LogP contribution in [0, 0.1) is 11.7 Å². The van der Waals surface area contributed by atoms with Crippen LogP contribution in [0.3, 0.4) is 0 Å². The Bertz CT molecular complexity index is 351. The highest BCUT2D eigenvalue weighted by atomic mass is 19.1. The molecule has 1 aromatic carbocycles. The number of methoxy groups -OCH3 is 1. The standard InChI is InChI=1S/C11H14FNO/c1-7-5-8-10(14-2)4-3-9(12)11(8)13-6-7/h3-4,7,13H,5-6H2,1-2H3.